The highest BCUT2D eigenvalue weighted by Crippen LogP contribution is 2.13. The van der Waals surface area contributed by atoms with Crippen LogP contribution in [0.15, 0.2) is 58.3 Å². The number of benzene rings is 2. The van der Waals surface area contributed by atoms with E-state index in [0.29, 0.717) is 0 Å². The fourth-order valence-corrected chi connectivity index (χ4v) is 4.05. The molecule has 174 valence electrons. The Hall–Kier alpha value is -2.80. The minimum Gasteiger partial charge on any atom is -0.352 e. The van der Waals surface area contributed by atoms with Gasteiger partial charge in [-0.2, -0.15) is 16.8 Å². The molecule has 0 spiro atoms. The summed E-state index contributed by atoms with van der Waals surface area (Å²) in [6.45, 7) is 2.12. The maximum atomic E-state index is 12.0. The first-order valence-electron chi connectivity index (χ1n) is 9.45. The van der Waals surface area contributed by atoms with E-state index in [0.717, 1.165) is 11.1 Å². The predicted molar refractivity (Wildman–Crippen MR) is 115 cm³/mol. The first-order valence-corrected chi connectivity index (χ1v) is 12.3. The van der Waals surface area contributed by atoms with Crippen LogP contribution < -0.4 is 10.6 Å². The van der Waals surface area contributed by atoms with Crippen LogP contribution in [0.3, 0.4) is 0 Å². The van der Waals surface area contributed by atoms with Gasteiger partial charge in [-0.3, -0.25) is 18.0 Å². The van der Waals surface area contributed by atoms with Crippen LogP contribution in [-0.4, -0.2) is 55.0 Å². The highest BCUT2D eigenvalue weighted by atomic mass is 32.2. The van der Waals surface area contributed by atoms with Gasteiger partial charge in [-0.1, -0.05) is 35.4 Å². The zero-order chi connectivity index (χ0) is 23.8. The number of carbonyl (C=O) groups is 2. The Morgan fingerprint density at radius 1 is 0.656 bits per heavy atom. The van der Waals surface area contributed by atoms with Gasteiger partial charge in [0.2, 0.25) is 11.8 Å². The molecule has 0 aromatic heterocycles. The van der Waals surface area contributed by atoms with E-state index in [1.54, 1.807) is 38.1 Å². The third-order valence-corrected chi connectivity index (χ3v) is 6.63. The first kappa shape index (κ1) is 25.5. The zero-order valence-electron chi connectivity index (χ0n) is 17.5. The molecule has 0 aliphatic heterocycles. The minimum atomic E-state index is -4.07. The number of nitrogens with one attached hydrogen (secondary N) is 2. The molecule has 0 radical (unpaired) electrons. The molecule has 2 amide bonds. The Bertz CT molecular complexity index is 1050. The van der Waals surface area contributed by atoms with E-state index in [9.17, 15) is 26.4 Å². The van der Waals surface area contributed by atoms with Crippen molar-refractivity contribution in [2.75, 3.05) is 26.3 Å². The van der Waals surface area contributed by atoms with Crippen molar-refractivity contribution < 1.29 is 34.8 Å². The lowest BCUT2D eigenvalue weighted by Gasteiger charge is -2.09. The molecule has 2 aromatic carbocycles. The summed E-state index contributed by atoms with van der Waals surface area (Å²) in [5.74, 6) is -1.40. The molecule has 0 saturated carbocycles. The van der Waals surface area contributed by atoms with Crippen molar-refractivity contribution in [3.63, 3.8) is 0 Å². The van der Waals surface area contributed by atoms with Crippen molar-refractivity contribution in [1.82, 2.24) is 10.6 Å². The minimum absolute atomic E-state index is 0.0246. The molecule has 2 aromatic rings. The summed E-state index contributed by atoms with van der Waals surface area (Å²) in [5, 5.41) is 4.74. The molecule has 10 nitrogen and oxygen atoms in total. The van der Waals surface area contributed by atoms with Gasteiger partial charge < -0.3 is 10.6 Å². The summed E-state index contributed by atoms with van der Waals surface area (Å²) in [5.41, 5.74) is 1.75. The van der Waals surface area contributed by atoms with Gasteiger partial charge >= 0.3 is 0 Å². The molecule has 0 saturated heterocycles. The second-order valence-electron chi connectivity index (χ2n) is 6.76. The van der Waals surface area contributed by atoms with Gasteiger partial charge in [0.25, 0.3) is 20.2 Å². The van der Waals surface area contributed by atoms with E-state index < -0.39 is 45.3 Å². The summed E-state index contributed by atoms with van der Waals surface area (Å²) in [4.78, 5) is 23.3. The Morgan fingerprint density at radius 3 is 1.28 bits per heavy atom. The molecule has 0 atom stereocenters. The van der Waals surface area contributed by atoms with Crippen molar-refractivity contribution in [3.05, 3.63) is 59.7 Å². The Balaban J connectivity index is 1.67. The van der Waals surface area contributed by atoms with E-state index in [1.165, 1.54) is 24.3 Å². The lowest BCUT2D eigenvalue weighted by molar-refractivity contribution is -0.124. The third-order valence-electron chi connectivity index (χ3n) is 4.08. The van der Waals surface area contributed by atoms with Gasteiger partial charge in [-0.05, 0) is 38.1 Å². The topological polar surface area (TPSA) is 145 Å². The van der Waals surface area contributed by atoms with Crippen LogP contribution in [0, 0.1) is 13.8 Å². The number of rotatable bonds is 11. The van der Waals surface area contributed by atoms with Gasteiger partial charge in [0, 0.05) is 13.1 Å². The van der Waals surface area contributed by atoms with Crippen molar-refractivity contribution in [2.45, 2.75) is 23.6 Å². The van der Waals surface area contributed by atoms with E-state index in [4.69, 9.17) is 8.37 Å². The summed E-state index contributed by atoms with van der Waals surface area (Å²) in [6, 6.07) is 11.9. The van der Waals surface area contributed by atoms with Crippen LogP contribution >= 0.6 is 0 Å². The maximum Gasteiger partial charge on any atom is 0.297 e. The average Bonchev–Trinajstić information content (AvgIpc) is 2.74. The first-order chi connectivity index (χ1) is 15.0. The Morgan fingerprint density at radius 2 is 0.969 bits per heavy atom. The van der Waals surface area contributed by atoms with Crippen molar-refractivity contribution in [1.29, 1.82) is 0 Å². The fraction of sp³-hybridized carbons (Fsp3) is 0.300. The molecule has 0 aliphatic rings. The molecule has 0 aliphatic carbocycles. The molecule has 32 heavy (non-hydrogen) atoms. The van der Waals surface area contributed by atoms with E-state index in [2.05, 4.69) is 10.6 Å². The average molecular weight is 485 g/mol. The highest BCUT2D eigenvalue weighted by molar-refractivity contribution is 7.87. The van der Waals surface area contributed by atoms with Crippen LogP contribution in [0.2, 0.25) is 0 Å². The predicted octanol–water partition coefficient (Wildman–Crippen LogP) is 0.647. The fourth-order valence-electron chi connectivity index (χ4n) is 2.31. The second kappa shape index (κ2) is 11.2. The molecule has 2 N–H and O–H groups in total. The largest absolute Gasteiger partial charge is 0.352 e. The number of amides is 2. The monoisotopic (exact) mass is 484 g/mol. The molecule has 0 bridgehead atoms. The zero-order valence-corrected chi connectivity index (χ0v) is 19.2. The number of aryl methyl sites for hydroxylation is 2. The molecular formula is C20H24N2O8S2. The van der Waals surface area contributed by atoms with Gasteiger partial charge in [0.15, 0.2) is 0 Å². The second-order valence-corrected chi connectivity index (χ2v) is 9.99. The third kappa shape index (κ3) is 8.04. The van der Waals surface area contributed by atoms with E-state index >= 15 is 0 Å². The van der Waals surface area contributed by atoms with Crippen LogP contribution in [0.4, 0.5) is 0 Å². The van der Waals surface area contributed by atoms with Gasteiger partial charge in [-0.15, -0.1) is 0 Å². The number of hydrogen-bond donors (Lipinski definition) is 2. The molecular weight excluding hydrogens is 460 g/mol. The van der Waals surface area contributed by atoms with Gasteiger partial charge in [0.05, 0.1) is 9.79 Å². The molecule has 0 unspecified atom stereocenters. The summed E-state index contributed by atoms with van der Waals surface area (Å²) < 4.78 is 57.5. The summed E-state index contributed by atoms with van der Waals surface area (Å²) in [6.07, 6.45) is 0. The molecule has 2 rings (SSSR count). The van der Waals surface area contributed by atoms with Crippen LogP contribution in [0.1, 0.15) is 11.1 Å². The summed E-state index contributed by atoms with van der Waals surface area (Å²) in [7, 11) is -8.13. The van der Waals surface area contributed by atoms with Crippen LogP contribution in [-0.2, 0) is 38.2 Å². The normalized spacial score (nSPS) is 11.7. The van der Waals surface area contributed by atoms with Crippen molar-refractivity contribution >= 4 is 32.1 Å². The quantitative estimate of drug-likeness (QED) is 0.349. The van der Waals surface area contributed by atoms with Crippen LogP contribution in [0.5, 0.6) is 0 Å². The van der Waals surface area contributed by atoms with Gasteiger partial charge in [-0.25, -0.2) is 0 Å². The van der Waals surface area contributed by atoms with Crippen LogP contribution in [0.25, 0.3) is 0 Å². The Kier molecular flexibility index (Phi) is 8.89. The smallest absolute Gasteiger partial charge is 0.297 e. The summed E-state index contributed by atoms with van der Waals surface area (Å²) >= 11 is 0. The Labute approximate surface area is 187 Å². The van der Waals surface area contributed by atoms with Crippen molar-refractivity contribution in [3.8, 4) is 0 Å². The van der Waals surface area contributed by atoms with E-state index in [-0.39, 0.29) is 22.9 Å². The maximum absolute atomic E-state index is 12.0. The van der Waals surface area contributed by atoms with Gasteiger partial charge in [0.1, 0.15) is 13.2 Å². The SMILES string of the molecule is Cc1ccc(S(=O)(=O)OCC(=O)NCCNC(=O)COS(=O)(=O)c2ccc(C)cc2)cc1. The number of hydrogen-bond acceptors (Lipinski definition) is 8. The lowest BCUT2D eigenvalue weighted by atomic mass is 10.2. The molecule has 0 fully saturated rings. The molecule has 12 heteroatoms. The highest BCUT2D eigenvalue weighted by Gasteiger charge is 2.18. The lowest BCUT2D eigenvalue weighted by Crippen LogP contribution is -2.38. The molecule has 0 heterocycles. The number of carbonyl (C=O) groups excluding carboxylic acids is 2. The van der Waals surface area contributed by atoms with E-state index in [1.807, 2.05) is 0 Å². The standard InChI is InChI=1S/C20H24N2O8S2/c1-15-3-7-17(8-4-15)31(25,26)29-13-19(23)21-11-12-22-20(24)14-30-32(27,28)18-9-5-16(2)6-10-18/h3-10H,11-14H2,1-2H3,(H,21,23)(H,22,24). The van der Waals surface area contributed by atoms with Crippen molar-refractivity contribution in [2.24, 2.45) is 0 Å².